The van der Waals surface area contributed by atoms with Crippen molar-refractivity contribution in [2.24, 2.45) is 10.9 Å². The van der Waals surface area contributed by atoms with Crippen molar-refractivity contribution in [3.8, 4) is 0 Å². The molecule has 2 fully saturated rings. The average Bonchev–Trinajstić information content (AvgIpc) is 3.24. The van der Waals surface area contributed by atoms with E-state index in [2.05, 4.69) is 10.3 Å². The van der Waals surface area contributed by atoms with Crippen LogP contribution in [-0.4, -0.2) is 39.4 Å². The van der Waals surface area contributed by atoms with Crippen LogP contribution in [0, 0.1) is 5.92 Å². The minimum atomic E-state index is -0.873. The fourth-order valence-electron chi connectivity index (χ4n) is 4.23. The van der Waals surface area contributed by atoms with Gasteiger partial charge < -0.3 is 9.88 Å². The third-order valence-corrected chi connectivity index (χ3v) is 7.14. The molecule has 1 aliphatic heterocycles. The Balaban J connectivity index is 1.51. The molecule has 0 radical (unpaired) electrons. The molecule has 2 unspecified atom stereocenters. The lowest BCUT2D eigenvalue weighted by Gasteiger charge is -2.36. The molecule has 158 valence electrons. The Kier molecular flexibility index (Phi) is 5.79. The van der Waals surface area contributed by atoms with Gasteiger partial charge in [-0.3, -0.25) is 14.5 Å². The number of nitrogens with one attached hydrogen (secondary N) is 1. The van der Waals surface area contributed by atoms with Crippen LogP contribution in [0.4, 0.5) is 4.79 Å². The second-order valence-corrected chi connectivity index (χ2v) is 9.13. The molecular weight excluding hydrogens is 424 g/mol. The second-order valence-electron chi connectivity index (χ2n) is 7.85. The predicted molar refractivity (Wildman–Crippen MR) is 114 cm³/mol. The van der Waals surface area contributed by atoms with Crippen LogP contribution >= 0.6 is 22.9 Å². The Morgan fingerprint density at radius 1 is 1.33 bits per heavy atom. The lowest BCUT2D eigenvalue weighted by atomic mass is 9.73. The highest BCUT2D eigenvalue weighted by Gasteiger charge is 2.55. The molecule has 1 saturated heterocycles. The summed E-state index contributed by atoms with van der Waals surface area (Å²) in [5.41, 5.74) is 0.0384. The summed E-state index contributed by atoms with van der Waals surface area (Å²) in [6, 6.07) is 6.97. The first-order chi connectivity index (χ1) is 14.4. The molecule has 7 nitrogen and oxygen atoms in total. The minimum Gasteiger partial charge on any atom is -0.323 e. The van der Waals surface area contributed by atoms with E-state index in [1.54, 1.807) is 0 Å². The highest BCUT2D eigenvalue weighted by molar-refractivity contribution is 7.07. The lowest BCUT2D eigenvalue weighted by Crippen LogP contribution is -2.54. The van der Waals surface area contributed by atoms with Crippen LogP contribution in [0.1, 0.15) is 38.2 Å². The van der Waals surface area contributed by atoms with Gasteiger partial charge in [-0.1, -0.05) is 49.6 Å². The summed E-state index contributed by atoms with van der Waals surface area (Å²) >= 11 is 7.54. The van der Waals surface area contributed by atoms with Gasteiger partial charge in [0, 0.05) is 16.6 Å². The van der Waals surface area contributed by atoms with Crippen LogP contribution in [-0.2, 0) is 16.1 Å². The number of aromatic nitrogens is 1. The number of imide groups is 1. The molecule has 1 N–H and O–H groups in total. The summed E-state index contributed by atoms with van der Waals surface area (Å²) in [5, 5.41) is 5.33. The first-order valence-electron chi connectivity index (χ1n) is 10.00. The Morgan fingerprint density at radius 2 is 2.13 bits per heavy atom. The Morgan fingerprint density at radius 3 is 2.90 bits per heavy atom. The highest BCUT2D eigenvalue weighted by Crippen LogP contribution is 2.38. The number of halogens is 1. The molecule has 1 saturated carbocycles. The van der Waals surface area contributed by atoms with Gasteiger partial charge in [-0.15, -0.1) is 11.3 Å². The third-order valence-electron chi connectivity index (χ3n) is 5.97. The van der Waals surface area contributed by atoms with Crippen LogP contribution in [0.2, 0.25) is 5.02 Å². The smallest absolute Gasteiger partial charge is 0.323 e. The number of amides is 4. The van der Waals surface area contributed by atoms with Gasteiger partial charge in [0.25, 0.3) is 11.8 Å². The van der Waals surface area contributed by atoms with Crippen molar-refractivity contribution in [3.05, 3.63) is 51.2 Å². The van der Waals surface area contributed by atoms with Crippen molar-refractivity contribution in [3.63, 3.8) is 0 Å². The van der Waals surface area contributed by atoms with E-state index in [0.29, 0.717) is 22.8 Å². The van der Waals surface area contributed by atoms with Crippen molar-refractivity contribution in [2.75, 3.05) is 6.54 Å². The largest absolute Gasteiger partial charge is 0.325 e. The fraction of sp³-hybridized carbons (Fsp3) is 0.429. The summed E-state index contributed by atoms with van der Waals surface area (Å²) in [5.74, 6) is -0.789. The van der Waals surface area contributed by atoms with Crippen molar-refractivity contribution in [1.29, 1.82) is 0 Å². The topological polar surface area (TPSA) is 83.8 Å². The van der Waals surface area contributed by atoms with Crippen molar-refractivity contribution in [2.45, 2.75) is 44.7 Å². The van der Waals surface area contributed by atoms with E-state index in [4.69, 9.17) is 11.6 Å². The van der Waals surface area contributed by atoms with Gasteiger partial charge in [-0.2, -0.15) is 4.99 Å². The lowest BCUT2D eigenvalue weighted by molar-refractivity contribution is -0.136. The SMILES string of the molecule is CC1CCCCC12NC(=O)N(CC(=O)N=c1sccn1Cc1ccccc1Cl)C2=O. The first kappa shape index (κ1) is 20.8. The van der Waals surface area contributed by atoms with E-state index in [1.165, 1.54) is 11.3 Å². The van der Waals surface area contributed by atoms with Gasteiger partial charge in [0.05, 0.1) is 6.54 Å². The average molecular weight is 447 g/mol. The van der Waals surface area contributed by atoms with E-state index < -0.39 is 17.5 Å². The molecule has 1 spiro atoms. The van der Waals surface area contributed by atoms with Gasteiger partial charge in [0.1, 0.15) is 12.1 Å². The molecular formula is C21H23ClN4O3S. The summed E-state index contributed by atoms with van der Waals surface area (Å²) in [6.45, 7) is 2.10. The molecule has 4 rings (SSSR count). The van der Waals surface area contributed by atoms with E-state index >= 15 is 0 Å². The van der Waals surface area contributed by atoms with Crippen molar-refractivity contribution >= 4 is 40.8 Å². The van der Waals surface area contributed by atoms with Crippen molar-refractivity contribution < 1.29 is 14.4 Å². The van der Waals surface area contributed by atoms with E-state index in [1.807, 2.05) is 47.3 Å². The normalized spacial score (nSPS) is 24.5. The molecule has 2 heterocycles. The third kappa shape index (κ3) is 3.81. The number of benzene rings is 1. The summed E-state index contributed by atoms with van der Waals surface area (Å²) < 4.78 is 1.82. The zero-order valence-electron chi connectivity index (χ0n) is 16.6. The molecule has 1 aromatic heterocycles. The number of carbonyl (C=O) groups excluding carboxylic acids is 3. The Bertz CT molecular complexity index is 1060. The number of rotatable bonds is 4. The summed E-state index contributed by atoms with van der Waals surface area (Å²) in [7, 11) is 0. The van der Waals surface area contributed by atoms with Gasteiger partial charge >= 0.3 is 6.03 Å². The van der Waals surface area contributed by atoms with Crippen LogP contribution in [0.5, 0.6) is 0 Å². The summed E-state index contributed by atoms with van der Waals surface area (Å²) in [4.78, 5) is 43.8. The second kappa shape index (κ2) is 8.35. The maximum atomic E-state index is 13.0. The van der Waals surface area contributed by atoms with Crippen molar-refractivity contribution in [1.82, 2.24) is 14.8 Å². The zero-order chi connectivity index (χ0) is 21.3. The quantitative estimate of drug-likeness (QED) is 0.732. The van der Waals surface area contributed by atoms with Crippen LogP contribution < -0.4 is 10.1 Å². The number of hydrogen-bond donors (Lipinski definition) is 1. The molecule has 30 heavy (non-hydrogen) atoms. The number of hydrogen-bond acceptors (Lipinski definition) is 4. The van der Waals surface area contributed by atoms with E-state index in [-0.39, 0.29) is 18.4 Å². The fourth-order valence-corrected chi connectivity index (χ4v) is 5.17. The molecule has 0 bridgehead atoms. The highest BCUT2D eigenvalue weighted by atomic mass is 35.5. The Labute approximate surface area is 183 Å². The molecule has 2 aromatic rings. The predicted octanol–water partition coefficient (Wildman–Crippen LogP) is 3.18. The molecule has 1 aromatic carbocycles. The molecule has 4 amide bonds. The van der Waals surface area contributed by atoms with Gasteiger partial charge in [0.2, 0.25) is 0 Å². The van der Waals surface area contributed by atoms with E-state index in [9.17, 15) is 14.4 Å². The van der Waals surface area contributed by atoms with Gasteiger partial charge in [-0.05, 0) is 30.4 Å². The zero-order valence-corrected chi connectivity index (χ0v) is 18.2. The maximum absolute atomic E-state index is 13.0. The van der Waals surface area contributed by atoms with Crippen LogP contribution in [0.15, 0.2) is 40.8 Å². The van der Waals surface area contributed by atoms with Gasteiger partial charge in [-0.25, -0.2) is 4.79 Å². The monoisotopic (exact) mass is 446 g/mol. The molecule has 1 aliphatic carbocycles. The molecule has 2 atom stereocenters. The van der Waals surface area contributed by atoms with Gasteiger partial charge in [0.15, 0.2) is 4.80 Å². The number of carbonyl (C=O) groups is 3. The summed E-state index contributed by atoms with van der Waals surface area (Å²) in [6.07, 6.45) is 5.26. The Hall–Kier alpha value is -2.45. The minimum absolute atomic E-state index is 0.0508. The maximum Gasteiger partial charge on any atom is 0.325 e. The standard InChI is InChI=1S/C21H23ClN4O3S/c1-14-6-4-5-9-21(14)18(28)26(19(29)24-21)13-17(27)23-20-25(10-11-30-20)12-15-7-2-3-8-16(15)22/h2-3,7-8,10-11,14H,4-6,9,12-13H2,1H3,(H,24,29). The number of thiazole rings is 1. The number of nitrogens with zero attached hydrogens (tertiary/aromatic N) is 3. The molecule has 9 heteroatoms. The molecule has 2 aliphatic rings. The van der Waals surface area contributed by atoms with E-state index in [0.717, 1.165) is 29.7 Å². The number of urea groups is 1. The van der Waals surface area contributed by atoms with Crippen LogP contribution in [0.3, 0.4) is 0 Å². The van der Waals surface area contributed by atoms with Crippen LogP contribution in [0.25, 0.3) is 0 Å². The first-order valence-corrected chi connectivity index (χ1v) is 11.3.